The molecule has 2 saturated heterocycles. The number of nitrogens with one attached hydrogen (secondary N) is 2. The molecule has 0 spiro atoms. The Kier molecular flexibility index (Phi) is 7.33. The van der Waals surface area contributed by atoms with E-state index >= 15 is 0 Å². The van der Waals surface area contributed by atoms with Crippen LogP contribution in [0.3, 0.4) is 0 Å². The molecule has 11 heteroatoms. The number of carboxylic acids is 1. The maximum Gasteiger partial charge on any atom is 0.352 e. The van der Waals surface area contributed by atoms with Gasteiger partial charge in [-0.25, -0.2) is 14.8 Å². The predicted molar refractivity (Wildman–Crippen MR) is 141 cm³/mol. The fraction of sp³-hybridized carbons (Fsp3) is 0.500. The third-order valence-corrected chi connectivity index (χ3v) is 7.31. The van der Waals surface area contributed by atoms with Gasteiger partial charge in [0.1, 0.15) is 17.2 Å². The van der Waals surface area contributed by atoms with Crippen molar-refractivity contribution >= 4 is 40.4 Å². The van der Waals surface area contributed by atoms with Crippen molar-refractivity contribution in [3.8, 4) is 0 Å². The summed E-state index contributed by atoms with van der Waals surface area (Å²) in [6.07, 6.45) is 9.44. The first-order valence-corrected chi connectivity index (χ1v) is 13.0. The normalized spacial score (nSPS) is 20.1. The van der Waals surface area contributed by atoms with Gasteiger partial charge in [-0.3, -0.25) is 9.69 Å². The van der Waals surface area contributed by atoms with Gasteiger partial charge in [-0.05, 0) is 64.5 Å². The zero-order chi connectivity index (χ0) is 25.9. The summed E-state index contributed by atoms with van der Waals surface area (Å²) in [6, 6.07) is 5.49. The van der Waals surface area contributed by atoms with E-state index in [-0.39, 0.29) is 23.7 Å². The average Bonchev–Trinajstić information content (AvgIpc) is 3.65. The zero-order valence-corrected chi connectivity index (χ0v) is 21.4. The summed E-state index contributed by atoms with van der Waals surface area (Å²) in [7, 11) is 3.75. The Morgan fingerprint density at radius 1 is 1.03 bits per heavy atom. The number of piperazine rings is 1. The number of hydrogen-bond donors (Lipinski definition) is 3. The summed E-state index contributed by atoms with van der Waals surface area (Å²) < 4.78 is 1.85. The van der Waals surface area contributed by atoms with Crippen molar-refractivity contribution in [2.24, 2.45) is 0 Å². The third kappa shape index (κ3) is 5.01. The van der Waals surface area contributed by atoms with E-state index in [1.807, 2.05) is 35.7 Å². The Bertz CT molecular complexity index is 1270. The van der Waals surface area contributed by atoms with Crippen LogP contribution in [0.2, 0.25) is 0 Å². The third-order valence-electron chi connectivity index (χ3n) is 7.31. The quantitative estimate of drug-likeness (QED) is 0.478. The molecule has 37 heavy (non-hydrogen) atoms. The number of fused-ring (bicyclic) bond motifs is 2. The highest BCUT2D eigenvalue weighted by Gasteiger charge is 2.38. The lowest BCUT2D eigenvalue weighted by Gasteiger charge is -2.36. The highest BCUT2D eigenvalue weighted by molar-refractivity contribution is 5.98. The second-order valence-corrected chi connectivity index (χ2v) is 9.83. The van der Waals surface area contributed by atoms with Crippen LogP contribution in [0.5, 0.6) is 0 Å². The molecule has 0 bridgehead atoms. The summed E-state index contributed by atoms with van der Waals surface area (Å²) in [5.41, 5.74) is 1.67. The standard InChI is InChI=1S/C24H27N7O3.C2H7N/c32-22-18-6-3-9-29(18)10-11-30(22)17-7-8-20(25-14-17)27-24-26-13-15-12-19(23(33)34)31(21(15)28-24)16-4-1-2-5-16;1-3-2/h7-8,12-14,16,18H,1-6,9-11H2,(H,33,34)(H,25,26,27,28);3H,1-2H3. The minimum atomic E-state index is -0.954. The molecule has 1 unspecified atom stereocenters. The molecule has 0 aromatic carbocycles. The van der Waals surface area contributed by atoms with Gasteiger partial charge in [0.05, 0.1) is 17.9 Å². The second kappa shape index (κ2) is 10.8. The first-order valence-electron chi connectivity index (χ1n) is 13.0. The number of hydrogen-bond acceptors (Lipinski definition) is 8. The van der Waals surface area contributed by atoms with Gasteiger partial charge in [-0.15, -0.1) is 0 Å². The van der Waals surface area contributed by atoms with Crippen LogP contribution in [0.4, 0.5) is 17.5 Å². The minimum Gasteiger partial charge on any atom is -0.477 e. The van der Waals surface area contributed by atoms with E-state index < -0.39 is 5.97 Å². The van der Waals surface area contributed by atoms with E-state index in [4.69, 9.17) is 0 Å². The van der Waals surface area contributed by atoms with E-state index in [2.05, 4.69) is 30.5 Å². The number of aromatic nitrogens is 4. The number of anilines is 3. The molecule has 0 radical (unpaired) electrons. The SMILES string of the molecule is CNC.O=C(O)c1cc2cnc(Nc3ccc(N4CCN5CCCC5C4=O)cn3)nc2n1C1CCCC1. The molecule has 1 aliphatic carbocycles. The van der Waals surface area contributed by atoms with Crippen molar-refractivity contribution in [3.05, 3.63) is 36.3 Å². The molecule has 196 valence electrons. The Balaban J connectivity index is 0.000000892. The summed E-state index contributed by atoms with van der Waals surface area (Å²) in [5, 5.41) is 16.3. The van der Waals surface area contributed by atoms with Gasteiger partial charge in [-0.2, -0.15) is 4.98 Å². The number of aromatic carboxylic acids is 1. The van der Waals surface area contributed by atoms with Crippen LogP contribution < -0.4 is 15.5 Å². The van der Waals surface area contributed by atoms with Gasteiger partial charge in [0.2, 0.25) is 11.9 Å². The van der Waals surface area contributed by atoms with Crippen molar-refractivity contribution in [1.29, 1.82) is 0 Å². The molecule has 6 rings (SSSR count). The average molecular weight is 507 g/mol. The van der Waals surface area contributed by atoms with E-state index in [0.717, 1.165) is 57.3 Å². The predicted octanol–water partition coefficient (Wildman–Crippen LogP) is 3.03. The maximum absolute atomic E-state index is 12.9. The molecule has 3 aromatic heterocycles. The van der Waals surface area contributed by atoms with E-state index in [9.17, 15) is 14.7 Å². The van der Waals surface area contributed by atoms with Crippen molar-refractivity contribution in [2.45, 2.75) is 50.6 Å². The van der Waals surface area contributed by atoms with Crippen LogP contribution in [0, 0.1) is 0 Å². The van der Waals surface area contributed by atoms with Gasteiger partial charge in [0, 0.05) is 30.7 Å². The minimum absolute atomic E-state index is 0.00141. The molecule has 11 nitrogen and oxygen atoms in total. The topological polar surface area (TPSA) is 129 Å². The molecule has 3 fully saturated rings. The van der Waals surface area contributed by atoms with Gasteiger partial charge in [0.25, 0.3) is 0 Å². The highest BCUT2D eigenvalue weighted by Crippen LogP contribution is 2.34. The summed E-state index contributed by atoms with van der Waals surface area (Å²) in [5.74, 6) is 0.122. The Morgan fingerprint density at radius 3 is 2.51 bits per heavy atom. The molecule has 2 aliphatic heterocycles. The number of rotatable bonds is 5. The lowest BCUT2D eigenvalue weighted by molar-refractivity contribution is -0.124. The Hall–Kier alpha value is -3.57. The van der Waals surface area contributed by atoms with Crippen molar-refractivity contribution in [3.63, 3.8) is 0 Å². The van der Waals surface area contributed by atoms with E-state index in [1.54, 1.807) is 18.5 Å². The van der Waals surface area contributed by atoms with Gasteiger partial charge in [0.15, 0.2) is 0 Å². The number of carboxylic acid groups (broad SMARTS) is 1. The first-order chi connectivity index (χ1) is 18.0. The lowest BCUT2D eigenvalue weighted by atomic mass is 10.1. The molecule has 3 aromatic rings. The number of amides is 1. The van der Waals surface area contributed by atoms with Crippen LogP contribution in [0.15, 0.2) is 30.6 Å². The molecular formula is C26H34N8O3. The fourth-order valence-corrected chi connectivity index (χ4v) is 5.65. The second-order valence-electron chi connectivity index (χ2n) is 9.83. The Labute approximate surface area is 215 Å². The van der Waals surface area contributed by atoms with E-state index in [0.29, 0.717) is 29.3 Å². The maximum atomic E-state index is 12.9. The smallest absolute Gasteiger partial charge is 0.352 e. The van der Waals surface area contributed by atoms with Crippen molar-refractivity contribution in [1.82, 2.24) is 29.7 Å². The lowest BCUT2D eigenvalue weighted by Crippen LogP contribution is -2.54. The zero-order valence-electron chi connectivity index (χ0n) is 21.4. The van der Waals surface area contributed by atoms with E-state index in [1.165, 1.54) is 0 Å². The molecular weight excluding hydrogens is 472 g/mol. The van der Waals surface area contributed by atoms with Crippen LogP contribution >= 0.6 is 0 Å². The van der Waals surface area contributed by atoms with Gasteiger partial charge >= 0.3 is 5.97 Å². The Morgan fingerprint density at radius 2 is 1.81 bits per heavy atom. The number of pyridine rings is 1. The van der Waals surface area contributed by atoms with Crippen LogP contribution in [0.1, 0.15) is 55.1 Å². The highest BCUT2D eigenvalue weighted by atomic mass is 16.4. The molecule has 5 heterocycles. The van der Waals surface area contributed by atoms with Crippen LogP contribution in [0.25, 0.3) is 11.0 Å². The monoisotopic (exact) mass is 506 g/mol. The van der Waals surface area contributed by atoms with Crippen LogP contribution in [-0.2, 0) is 4.79 Å². The summed E-state index contributed by atoms with van der Waals surface area (Å²) in [6.45, 7) is 2.57. The molecule has 1 atom stereocenters. The molecule has 3 aliphatic rings. The van der Waals surface area contributed by atoms with Crippen molar-refractivity contribution < 1.29 is 14.7 Å². The fourth-order valence-electron chi connectivity index (χ4n) is 5.65. The number of carbonyl (C=O) groups excluding carboxylic acids is 1. The number of nitrogens with zero attached hydrogens (tertiary/aromatic N) is 6. The number of carbonyl (C=O) groups is 2. The molecule has 1 saturated carbocycles. The van der Waals surface area contributed by atoms with Crippen LogP contribution in [-0.4, -0.2) is 81.2 Å². The molecule has 3 N–H and O–H groups in total. The first kappa shape index (κ1) is 25.1. The summed E-state index contributed by atoms with van der Waals surface area (Å²) >= 11 is 0. The van der Waals surface area contributed by atoms with Gasteiger partial charge in [-0.1, -0.05) is 12.8 Å². The molecule has 1 amide bonds. The van der Waals surface area contributed by atoms with Crippen molar-refractivity contribution in [2.75, 3.05) is 43.9 Å². The largest absolute Gasteiger partial charge is 0.477 e. The van der Waals surface area contributed by atoms with Gasteiger partial charge < -0.3 is 25.2 Å². The summed E-state index contributed by atoms with van der Waals surface area (Å²) in [4.78, 5) is 42.3.